The first kappa shape index (κ1) is 14.1. The zero-order valence-electron chi connectivity index (χ0n) is 8.53. The molecule has 1 N–H and O–H groups in total. The average molecular weight is 253 g/mol. The molecule has 1 unspecified atom stereocenters. The third-order valence-corrected chi connectivity index (χ3v) is 3.32. The standard InChI is InChI=1S/C8H15NO2S3/c1-11-7(10)6(4-5-13-2)9-8(12)14-3/h6H,4-5H2,1-3H3,(H,9,12). The number of thioether (sulfide) groups is 2. The van der Waals surface area contributed by atoms with Crippen LogP contribution in [0.3, 0.4) is 0 Å². The highest BCUT2D eigenvalue weighted by atomic mass is 32.2. The van der Waals surface area contributed by atoms with E-state index in [4.69, 9.17) is 12.2 Å². The van der Waals surface area contributed by atoms with Gasteiger partial charge in [-0.2, -0.15) is 11.8 Å². The molecule has 6 heteroatoms. The van der Waals surface area contributed by atoms with Crippen LogP contribution >= 0.6 is 35.7 Å². The van der Waals surface area contributed by atoms with E-state index in [9.17, 15) is 4.79 Å². The maximum absolute atomic E-state index is 11.3. The predicted molar refractivity (Wildman–Crippen MR) is 68.1 cm³/mol. The van der Waals surface area contributed by atoms with Gasteiger partial charge in [0.2, 0.25) is 0 Å². The third-order valence-electron chi connectivity index (χ3n) is 1.57. The number of hydrogen-bond acceptors (Lipinski definition) is 5. The lowest BCUT2D eigenvalue weighted by Crippen LogP contribution is -2.40. The molecule has 0 heterocycles. The Kier molecular flexibility index (Phi) is 8.41. The van der Waals surface area contributed by atoms with E-state index in [1.807, 2.05) is 12.5 Å². The van der Waals surface area contributed by atoms with Crippen LogP contribution in [0.25, 0.3) is 0 Å². The molecule has 82 valence electrons. The molecule has 14 heavy (non-hydrogen) atoms. The smallest absolute Gasteiger partial charge is 0.328 e. The summed E-state index contributed by atoms with van der Waals surface area (Å²) in [7, 11) is 1.39. The fourth-order valence-corrected chi connectivity index (χ4v) is 1.70. The molecule has 0 aromatic carbocycles. The minimum Gasteiger partial charge on any atom is -0.467 e. The second-order valence-electron chi connectivity index (χ2n) is 2.49. The van der Waals surface area contributed by atoms with Gasteiger partial charge in [0.25, 0.3) is 0 Å². The van der Waals surface area contributed by atoms with Crippen LogP contribution in [0.2, 0.25) is 0 Å². The van der Waals surface area contributed by atoms with Gasteiger partial charge < -0.3 is 10.1 Å². The number of carbonyl (C=O) groups is 1. The molecule has 0 bridgehead atoms. The predicted octanol–water partition coefficient (Wildman–Crippen LogP) is 1.52. The monoisotopic (exact) mass is 253 g/mol. The quantitative estimate of drug-likeness (QED) is 0.591. The van der Waals surface area contributed by atoms with Crippen LogP contribution in [-0.4, -0.2) is 41.7 Å². The lowest BCUT2D eigenvalue weighted by molar-refractivity contribution is -0.142. The largest absolute Gasteiger partial charge is 0.467 e. The molecular weight excluding hydrogens is 238 g/mol. The van der Waals surface area contributed by atoms with E-state index in [0.29, 0.717) is 4.32 Å². The van der Waals surface area contributed by atoms with Crippen molar-refractivity contribution in [3.05, 3.63) is 0 Å². The fourth-order valence-electron chi connectivity index (χ4n) is 0.828. The summed E-state index contributed by atoms with van der Waals surface area (Å²) in [6.45, 7) is 0. The van der Waals surface area contributed by atoms with Gasteiger partial charge in [0, 0.05) is 0 Å². The molecule has 0 amide bonds. The van der Waals surface area contributed by atoms with Crippen molar-refractivity contribution in [3.63, 3.8) is 0 Å². The molecule has 0 aliphatic rings. The summed E-state index contributed by atoms with van der Waals surface area (Å²) in [6.07, 6.45) is 4.61. The number of ether oxygens (including phenoxy) is 1. The third kappa shape index (κ3) is 5.72. The lowest BCUT2D eigenvalue weighted by Gasteiger charge is -2.16. The van der Waals surface area contributed by atoms with Crippen LogP contribution in [0.4, 0.5) is 0 Å². The van der Waals surface area contributed by atoms with Crippen molar-refractivity contribution in [1.82, 2.24) is 5.32 Å². The second kappa shape index (κ2) is 8.38. The molecule has 1 atom stereocenters. The summed E-state index contributed by atoms with van der Waals surface area (Å²) in [4.78, 5) is 11.3. The maximum atomic E-state index is 11.3. The van der Waals surface area contributed by atoms with Crippen molar-refractivity contribution in [1.29, 1.82) is 0 Å². The van der Waals surface area contributed by atoms with E-state index >= 15 is 0 Å². The highest BCUT2D eigenvalue weighted by molar-refractivity contribution is 8.22. The molecule has 0 radical (unpaired) electrons. The molecule has 0 rings (SSSR count). The number of carbonyl (C=O) groups excluding carboxylic acids is 1. The molecule has 0 aromatic rings. The number of nitrogens with one attached hydrogen (secondary N) is 1. The summed E-state index contributed by atoms with van der Waals surface area (Å²) >= 11 is 8.10. The second-order valence-corrected chi connectivity index (χ2v) is 4.96. The van der Waals surface area contributed by atoms with Crippen molar-refractivity contribution in [3.8, 4) is 0 Å². The molecule has 0 saturated carbocycles. The molecule has 0 aliphatic heterocycles. The molecule has 0 saturated heterocycles. The molecule has 3 nitrogen and oxygen atoms in total. The zero-order valence-corrected chi connectivity index (χ0v) is 11.0. The van der Waals surface area contributed by atoms with Gasteiger partial charge in [0.1, 0.15) is 10.4 Å². The minimum atomic E-state index is -0.313. The summed E-state index contributed by atoms with van der Waals surface area (Å²) in [5.74, 6) is 0.652. The van der Waals surface area contributed by atoms with E-state index in [2.05, 4.69) is 10.1 Å². The van der Waals surface area contributed by atoms with Gasteiger partial charge in [0.05, 0.1) is 7.11 Å². The summed E-state index contributed by atoms with van der Waals surface area (Å²) < 4.78 is 5.30. The minimum absolute atomic E-state index is 0.254. The van der Waals surface area contributed by atoms with Crippen LogP contribution in [0.5, 0.6) is 0 Å². The van der Waals surface area contributed by atoms with Crippen molar-refractivity contribution < 1.29 is 9.53 Å². The topological polar surface area (TPSA) is 38.3 Å². The van der Waals surface area contributed by atoms with Gasteiger partial charge in [-0.15, -0.1) is 11.8 Å². The highest BCUT2D eigenvalue weighted by Gasteiger charge is 2.18. The Hall–Kier alpha value is 0.0600. The first-order chi connectivity index (χ1) is 6.65. The average Bonchev–Trinajstić information content (AvgIpc) is 2.22. The number of hydrogen-bond donors (Lipinski definition) is 1. The van der Waals surface area contributed by atoms with Crippen LogP contribution in [0.15, 0.2) is 0 Å². The molecule has 0 aliphatic carbocycles. The van der Waals surface area contributed by atoms with Crippen molar-refractivity contribution in [2.24, 2.45) is 0 Å². The van der Waals surface area contributed by atoms with Crippen LogP contribution in [0, 0.1) is 0 Å². The van der Waals surface area contributed by atoms with Crippen molar-refractivity contribution in [2.45, 2.75) is 12.5 Å². The number of methoxy groups -OCH3 is 1. The van der Waals surface area contributed by atoms with Crippen LogP contribution in [0.1, 0.15) is 6.42 Å². The first-order valence-electron chi connectivity index (χ1n) is 4.07. The Morgan fingerprint density at radius 2 is 2.21 bits per heavy atom. The highest BCUT2D eigenvalue weighted by Crippen LogP contribution is 2.05. The van der Waals surface area contributed by atoms with E-state index in [-0.39, 0.29) is 12.0 Å². The number of thiocarbonyl (C=S) groups is 1. The summed E-state index contributed by atoms with van der Waals surface area (Å²) in [5.41, 5.74) is 0. The van der Waals surface area contributed by atoms with Crippen LogP contribution < -0.4 is 5.32 Å². The van der Waals surface area contributed by atoms with E-state index in [1.54, 1.807) is 11.8 Å². The lowest BCUT2D eigenvalue weighted by atomic mass is 10.2. The summed E-state index contributed by atoms with van der Waals surface area (Å²) in [6, 6.07) is -0.313. The van der Waals surface area contributed by atoms with Gasteiger partial charge in [0.15, 0.2) is 0 Å². The SMILES string of the molecule is COC(=O)C(CCSC)NC(=S)SC. The van der Waals surface area contributed by atoms with Gasteiger partial charge in [-0.3, -0.25) is 0 Å². The Labute approximate surface area is 98.7 Å². The molecule has 0 fully saturated rings. The van der Waals surface area contributed by atoms with Gasteiger partial charge in [-0.05, 0) is 24.7 Å². The Balaban J connectivity index is 4.09. The number of esters is 1. The first-order valence-corrected chi connectivity index (χ1v) is 7.09. The maximum Gasteiger partial charge on any atom is 0.328 e. The normalized spacial score (nSPS) is 11.9. The van der Waals surface area contributed by atoms with Crippen molar-refractivity contribution >= 4 is 46.0 Å². The van der Waals surface area contributed by atoms with Crippen molar-refractivity contribution in [2.75, 3.05) is 25.4 Å². The van der Waals surface area contributed by atoms with Gasteiger partial charge in [-0.25, -0.2) is 4.79 Å². The number of rotatable bonds is 5. The van der Waals surface area contributed by atoms with E-state index in [1.165, 1.54) is 18.9 Å². The summed E-state index contributed by atoms with van der Waals surface area (Å²) in [5, 5.41) is 2.96. The van der Waals surface area contributed by atoms with E-state index < -0.39 is 0 Å². The Bertz CT molecular complexity index is 199. The molecular formula is C8H15NO2S3. The Morgan fingerprint density at radius 1 is 1.57 bits per heavy atom. The van der Waals surface area contributed by atoms with Gasteiger partial charge in [-0.1, -0.05) is 12.2 Å². The fraction of sp³-hybridized carbons (Fsp3) is 0.750. The molecule has 0 spiro atoms. The van der Waals surface area contributed by atoms with E-state index in [0.717, 1.165) is 12.2 Å². The Morgan fingerprint density at radius 3 is 2.64 bits per heavy atom. The van der Waals surface area contributed by atoms with Gasteiger partial charge >= 0.3 is 5.97 Å². The zero-order chi connectivity index (χ0) is 11.0. The van der Waals surface area contributed by atoms with Crippen LogP contribution in [-0.2, 0) is 9.53 Å². The molecule has 0 aromatic heterocycles.